The minimum Gasteiger partial charge on any atom is -0.493 e. The highest BCUT2D eigenvalue weighted by atomic mass is 16.6. The Bertz CT molecular complexity index is 1420. The summed E-state index contributed by atoms with van der Waals surface area (Å²) in [6.07, 6.45) is 0.530. The molecule has 0 bridgehead atoms. The maximum absolute atomic E-state index is 13.5. The Morgan fingerprint density at radius 2 is 1.65 bits per heavy atom. The monoisotopic (exact) mass is 598 g/mol. The molecular formula is C31H42N4O8. The lowest BCUT2D eigenvalue weighted by molar-refractivity contribution is -0.121. The number of ether oxygens (including phenoxy) is 4. The van der Waals surface area contributed by atoms with Crippen molar-refractivity contribution in [3.63, 3.8) is 0 Å². The molecule has 0 saturated heterocycles. The number of amides is 3. The van der Waals surface area contributed by atoms with Crippen molar-refractivity contribution in [2.24, 2.45) is 0 Å². The first-order chi connectivity index (χ1) is 20.3. The van der Waals surface area contributed by atoms with E-state index in [-0.39, 0.29) is 36.0 Å². The van der Waals surface area contributed by atoms with Gasteiger partial charge in [-0.1, -0.05) is 6.07 Å². The number of carbonyl (C=O) groups excluding carboxylic acids is 3. The van der Waals surface area contributed by atoms with Gasteiger partial charge in [0.1, 0.15) is 11.6 Å². The maximum Gasteiger partial charge on any atom is 0.407 e. The molecule has 0 radical (unpaired) electrons. The Labute approximate surface area is 251 Å². The number of anilines is 1. The number of carbonyl (C=O) groups is 3. The predicted octanol–water partition coefficient (Wildman–Crippen LogP) is 3.30. The first-order valence-corrected chi connectivity index (χ1v) is 14.1. The molecule has 43 heavy (non-hydrogen) atoms. The first-order valence-electron chi connectivity index (χ1n) is 14.1. The number of methoxy groups -OCH3 is 3. The molecular weight excluding hydrogens is 556 g/mol. The van der Waals surface area contributed by atoms with E-state index in [0.29, 0.717) is 41.2 Å². The first kappa shape index (κ1) is 33.0. The van der Waals surface area contributed by atoms with Crippen LogP contribution >= 0.6 is 0 Å². The molecule has 3 amide bonds. The third-order valence-electron chi connectivity index (χ3n) is 6.77. The van der Waals surface area contributed by atoms with Crippen molar-refractivity contribution in [2.45, 2.75) is 65.1 Å². The molecule has 2 atom stereocenters. The molecule has 2 aromatic carbocycles. The van der Waals surface area contributed by atoms with E-state index in [1.54, 1.807) is 46.9 Å². The van der Waals surface area contributed by atoms with Gasteiger partial charge in [-0.25, -0.2) is 4.79 Å². The number of hydrogen-bond donors (Lipinski definition) is 4. The van der Waals surface area contributed by atoms with E-state index in [9.17, 15) is 19.2 Å². The van der Waals surface area contributed by atoms with Crippen LogP contribution in [0.2, 0.25) is 0 Å². The van der Waals surface area contributed by atoms with Gasteiger partial charge in [-0.05, 0) is 75.4 Å². The fraction of sp³-hybridized carbons (Fsp3) is 0.484. The molecule has 0 unspecified atom stereocenters. The molecule has 4 N–H and O–H groups in total. The Balaban J connectivity index is 1.93. The summed E-state index contributed by atoms with van der Waals surface area (Å²) in [5, 5.41) is 11.3. The molecule has 12 heteroatoms. The number of fused-ring (bicyclic) bond motifs is 3. The fourth-order valence-electron chi connectivity index (χ4n) is 4.94. The molecule has 2 aromatic rings. The smallest absolute Gasteiger partial charge is 0.407 e. The van der Waals surface area contributed by atoms with Gasteiger partial charge in [0.15, 0.2) is 11.5 Å². The molecule has 1 aliphatic carbocycles. The number of benzene rings is 1. The van der Waals surface area contributed by atoms with Gasteiger partial charge in [0, 0.05) is 25.6 Å². The molecule has 0 fully saturated rings. The Morgan fingerprint density at radius 3 is 2.26 bits per heavy atom. The normalized spacial score (nSPS) is 14.6. The van der Waals surface area contributed by atoms with Gasteiger partial charge in [-0.3, -0.25) is 14.4 Å². The molecule has 0 saturated carbocycles. The zero-order valence-electron chi connectivity index (χ0n) is 26.1. The lowest BCUT2D eigenvalue weighted by atomic mass is 9.95. The van der Waals surface area contributed by atoms with Crippen LogP contribution in [0.15, 0.2) is 29.1 Å². The summed E-state index contributed by atoms with van der Waals surface area (Å²) < 4.78 is 22.2. The molecule has 0 heterocycles. The van der Waals surface area contributed by atoms with Crippen molar-refractivity contribution in [3.8, 4) is 28.4 Å². The van der Waals surface area contributed by atoms with E-state index in [2.05, 4.69) is 21.3 Å². The number of rotatable bonds is 10. The zero-order chi connectivity index (χ0) is 31.9. The lowest BCUT2D eigenvalue weighted by Gasteiger charge is -2.20. The summed E-state index contributed by atoms with van der Waals surface area (Å²) in [7, 11) is 4.60. The van der Waals surface area contributed by atoms with Gasteiger partial charge >= 0.3 is 6.09 Å². The highest BCUT2D eigenvalue weighted by Gasteiger charge is 2.29. The van der Waals surface area contributed by atoms with Crippen LogP contribution < -0.4 is 40.9 Å². The van der Waals surface area contributed by atoms with Crippen LogP contribution in [0, 0.1) is 0 Å². The maximum atomic E-state index is 13.5. The second-order valence-electron chi connectivity index (χ2n) is 11.2. The summed E-state index contributed by atoms with van der Waals surface area (Å²) in [5.74, 6) is 0.769. The van der Waals surface area contributed by atoms with Crippen LogP contribution in [0.4, 0.5) is 10.5 Å². The number of aryl methyl sites for hydroxylation is 1. The average molecular weight is 599 g/mol. The molecule has 1 aliphatic rings. The largest absolute Gasteiger partial charge is 0.493 e. The van der Waals surface area contributed by atoms with Crippen molar-refractivity contribution in [1.82, 2.24) is 16.0 Å². The van der Waals surface area contributed by atoms with Crippen molar-refractivity contribution in [2.75, 3.05) is 39.7 Å². The summed E-state index contributed by atoms with van der Waals surface area (Å²) in [6.45, 7) is 8.69. The Hall–Kier alpha value is -4.48. The SMILES string of the molecule is COc1cc2c(c(OC)c1OC)-c1ccc(N[C@@H](C)C(=O)NCCNC(=O)OC(C)(C)C)c(=O)cc1[C@@H](NC(C)=O)CC2. The van der Waals surface area contributed by atoms with E-state index in [4.69, 9.17) is 18.9 Å². The van der Waals surface area contributed by atoms with Crippen LogP contribution in [0.1, 0.15) is 58.2 Å². The number of alkyl carbamates (subject to hydrolysis) is 1. The van der Waals surface area contributed by atoms with Crippen LogP contribution in [-0.2, 0) is 20.7 Å². The van der Waals surface area contributed by atoms with Crippen LogP contribution in [0.5, 0.6) is 17.2 Å². The van der Waals surface area contributed by atoms with Crippen LogP contribution in [-0.4, -0.2) is 64.0 Å². The van der Waals surface area contributed by atoms with Gasteiger partial charge in [0.25, 0.3) is 0 Å². The molecule has 0 aromatic heterocycles. The topological polar surface area (TPSA) is 153 Å². The number of hydrogen-bond acceptors (Lipinski definition) is 9. The van der Waals surface area contributed by atoms with Gasteiger partial charge in [-0.15, -0.1) is 0 Å². The van der Waals surface area contributed by atoms with Crippen LogP contribution in [0.25, 0.3) is 11.1 Å². The third kappa shape index (κ3) is 8.30. The minimum atomic E-state index is -0.770. The van der Waals surface area contributed by atoms with E-state index in [1.807, 2.05) is 6.07 Å². The summed E-state index contributed by atoms with van der Waals surface area (Å²) >= 11 is 0. The van der Waals surface area contributed by atoms with Gasteiger partial charge in [0.05, 0.1) is 33.1 Å². The predicted molar refractivity (Wildman–Crippen MR) is 163 cm³/mol. The zero-order valence-corrected chi connectivity index (χ0v) is 26.1. The standard InChI is InChI=1S/C31H42N4O8/c1-17(29(38)32-13-14-33-30(39)43-31(3,4)5)34-23-12-10-20-21(16-24(23)37)22(35-18(2)36)11-9-19-15-25(40-6)27(41-7)28(42-8)26(19)20/h10,12,15-17,22H,9,11,13-14H2,1-8H3,(H,32,38)(H,33,39)(H,34,37)(H,35,36)/t17-,22-/m0/s1. The van der Waals surface area contributed by atoms with E-state index >= 15 is 0 Å². The fourth-order valence-corrected chi connectivity index (χ4v) is 4.94. The second-order valence-corrected chi connectivity index (χ2v) is 11.2. The van der Waals surface area contributed by atoms with Crippen molar-refractivity contribution >= 4 is 23.6 Å². The van der Waals surface area contributed by atoms with E-state index < -0.39 is 23.8 Å². The quantitative estimate of drug-likeness (QED) is 0.302. The molecule has 12 nitrogen and oxygen atoms in total. The second kappa shape index (κ2) is 14.1. The molecule has 234 valence electrons. The summed E-state index contributed by atoms with van der Waals surface area (Å²) in [6, 6.07) is 5.54. The van der Waals surface area contributed by atoms with Crippen molar-refractivity contribution in [3.05, 3.63) is 45.6 Å². The Kier molecular flexibility index (Phi) is 10.8. The summed E-state index contributed by atoms with van der Waals surface area (Å²) in [4.78, 5) is 50.2. The van der Waals surface area contributed by atoms with E-state index in [1.165, 1.54) is 27.2 Å². The van der Waals surface area contributed by atoms with Crippen molar-refractivity contribution in [1.29, 1.82) is 0 Å². The van der Waals surface area contributed by atoms with E-state index in [0.717, 1.165) is 11.1 Å². The van der Waals surface area contributed by atoms with Gasteiger partial charge in [-0.2, -0.15) is 0 Å². The van der Waals surface area contributed by atoms with Crippen molar-refractivity contribution < 1.29 is 33.3 Å². The Morgan fingerprint density at radius 1 is 0.977 bits per heavy atom. The molecule has 0 spiro atoms. The lowest BCUT2D eigenvalue weighted by Crippen LogP contribution is -2.42. The highest BCUT2D eigenvalue weighted by Crippen LogP contribution is 2.50. The third-order valence-corrected chi connectivity index (χ3v) is 6.77. The van der Waals surface area contributed by atoms with Gasteiger partial charge < -0.3 is 40.2 Å². The van der Waals surface area contributed by atoms with Crippen LogP contribution in [0.3, 0.4) is 0 Å². The van der Waals surface area contributed by atoms with Gasteiger partial charge in [0.2, 0.25) is 23.0 Å². The average Bonchev–Trinajstić information content (AvgIpc) is 3.17. The molecule has 3 rings (SSSR count). The summed E-state index contributed by atoms with van der Waals surface area (Å²) in [5.41, 5.74) is 2.15. The molecule has 0 aliphatic heterocycles. The highest BCUT2D eigenvalue weighted by molar-refractivity contribution is 5.85. The number of nitrogens with one attached hydrogen (secondary N) is 4. The minimum absolute atomic E-state index is 0.172.